The molecule has 2 aliphatic carbocycles. The van der Waals surface area contributed by atoms with Gasteiger partial charge >= 0.3 is 0 Å². The highest BCUT2D eigenvalue weighted by Gasteiger charge is 2.43. The Bertz CT molecular complexity index is 1410. The number of rotatable bonds is 0. The number of amides is 1. The Morgan fingerprint density at radius 3 is 2.82 bits per heavy atom. The molecule has 39 heavy (non-hydrogen) atoms. The lowest BCUT2D eigenvalue weighted by atomic mass is 9.68. The number of anilines is 1. The van der Waals surface area contributed by atoms with Gasteiger partial charge in [0.05, 0.1) is 33.9 Å². The summed E-state index contributed by atoms with van der Waals surface area (Å²) in [6.45, 7) is 2.17. The monoisotopic (exact) mass is 568 g/mol. The first-order chi connectivity index (χ1) is 18.7. The summed E-state index contributed by atoms with van der Waals surface area (Å²) in [6.07, 6.45) is 9.78. The fraction of sp³-hybridized carbons (Fsp3) is 0.484. The second kappa shape index (κ2) is 10.5. The van der Waals surface area contributed by atoms with Gasteiger partial charge in [0.2, 0.25) is 0 Å². The maximum atomic E-state index is 13.2. The molecule has 1 amide bonds. The van der Waals surface area contributed by atoms with Gasteiger partial charge in [-0.2, -0.15) is 0 Å². The predicted molar refractivity (Wildman–Crippen MR) is 158 cm³/mol. The average molecular weight is 569 g/mol. The number of nitrogens with one attached hydrogen (secondary N) is 1. The number of hydrogen-bond acceptors (Lipinski definition) is 5. The molecule has 5 atom stereocenters. The highest BCUT2D eigenvalue weighted by atomic mass is 35.5. The first-order valence-corrected chi connectivity index (χ1v) is 16.3. The van der Waals surface area contributed by atoms with E-state index in [1.165, 1.54) is 11.1 Å². The van der Waals surface area contributed by atoms with Crippen LogP contribution >= 0.6 is 11.6 Å². The van der Waals surface area contributed by atoms with Gasteiger partial charge in [-0.3, -0.25) is 9.52 Å². The van der Waals surface area contributed by atoms with Gasteiger partial charge in [-0.25, -0.2) is 4.21 Å². The Morgan fingerprint density at radius 1 is 1.15 bits per heavy atom. The van der Waals surface area contributed by atoms with Crippen molar-refractivity contribution < 1.29 is 18.8 Å². The van der Waals surface area contributed by atoms with E-state index >= 15 is 0 Å². The smallest absolute Gasteiger partial charge is 0.262 e. The highest BCUT2D eigenvalue weighted by molar-refractivity contribution is 7.99. The minimum Gasteiger partial charge on any atom is -0.490 e. The van der Waals surface area contributed by atoms with Crippen LogP contribution in [0.2, 0.25) is 5.02 Å². The van der Waals surface area contributed by atoms with E-state index in [0.717, 1.165) is 68.1 Å². The summed E-state index contributed by atoms with van der Waals surface area (Å²) >= 11 is 6.38. The molecule has 8 heteroatoms. The highest BCUT2D eigenvalue weighted by Crippen LogP contribution is 2.46. The van der Waals surface area contributed by atoms with Gasteiger partial charge < -0.3 is 14.7 Å². The van der Waals surface area contributed by atoms with Crippen molar-refractivity contribution in [2.24, 2.45) is 11.8 Å². The lowest BCUT2D eigenvalue weighted by molar-refractivity contribution is 0.0800. The van der Waals surface area contributed by atoms with Crippen molar-refractivity contribution in [2.75, 3.05) is 30.3 Å². The molecule has 2 aliphatic heterocycles. The van der Waals surface area contributed by atoms with Crippen LogP contribution in [0.1, 0.15) is 60.0 Å². The molecule has 1 saturated carbocycles. The van der Waals surface area contributed by atoms with Crippen LogP contribution in [0.5, 0.6) is 5.75 Å². The average Bonchev–Trinajstić information content (AvgIpc) is 3.04. The van der Waals surface area contributed by atoms with E-state index in [9.17, 15) is 14.1 Å². The largest absolute Gasteiger partial charge is 0.490 e. The van der Waals surface area contributed by atoms with Gasteiger partial charge in [0.15, 0.2) is 0 Å². The Hall–Kier alpha value is -2.48. The van der Waals surface area contributed by atoms with Crippen molar-refractivity contribution in [3.8, 4) is 5.75 Å². The number of fused-ring (bicyclic) bond motifs is 4. The minimum absolute atomic E-state index is 0.129. The van der Waals surface area contributed by atoms with E-state index in [4.69, 9.17) is 16.3 Å². The van der Waals surface area contributed by atoms with Crippen LogP contribution in [0, 0.1) is 11.8 Å². The maximum Gasteiger partial charge on any atom is 0.262 e. The molecule has 0 aromatic heterocycles. The molecule has 2 N–H and O–H groups in total. The molecule has 4 aliphatic rings. The summed E-state index contributed by atoms with van der Waals surface area (Å²) < 4.78 is 22.2. The summed E-state index contributed by atoms with van der Waals surface area (Å²) in [7, 11) is -2.86. The van der Waals surface area contributed by atoms with E-state index in [2.05, 4.69) is 27.6 Å². The lowest BCUT2D eigenvalue weighted by Gasteiger charge is -2.45. The first kappa shape index (κ1) is 26.7. The molecule has 1 unspecified atom stereocenters. The van der Waals surface area contributed by atoms with E-state index in [1.54, 1.807) is 12.1 Å². The molecule has 2 aromatic carbocycles. The second-order valence-electron chi connectivity index (χ2n) is 11.9. The zero-order valence-corrected chi connectivity index (χ0v) is 23.8. The van der Waals surface area contributed by atoms with Gasteiger partial charge in [-0.05, 0) is 104 Å². The number of halogens is 1. The quantitative estimate of drug-likeness (QED) is 0.349. The molecular weight excluding hydrogens is 532 g/mol. The number of benzene rings is 2. The van der Waals surface area contributed by atoms with Gasteiger partial charge in [-0.15, -0.1) is 0 Å². The maximum absolute atomic E-state index is 13.2. The summed E-state index contributed by atoms with van der Waals surface area (Å²) in [5.74, 6) is 5.17. The van der Waals surface area contributed by atoms with Crippen molar-refractivity contribution >= 4 is 38.8 Å². The third-order valence-corrected chi connectivity index (χ3v) is 10.6. The Labute approximate surface area is 236 Å². The van der Waals surface area contributed by atoms with Crippen LogP contribution in [0.4, 0.5) is 5.69 Å². The minimum atomic E-state index is -2.86. The third kappa shape index (κ3) is 5.46. The lowest BCUT2D eigenvalue weighted by Crippen LogP contribution is -2.48. The van der Waals surface area contributed by atoms with E-state index in [0.29, 0.717) is 30.4 Å². The molecule has 2 aromatic rings. The number of aliphatic hydroxyl groups excluding tert-OH is 1. The van der Waals surface area contributed by atoms with Crippen molar-refractivity contribution in [3.05, 3.63) is 70.3 Å². The Kier molecular flexibility index (Phi) is 7.19. The number of nitrogens with zero attached hydrogens (tertiary/aromatic N) is 1. The Morgan fingerprint density at radius 2 is 2.00 bits per heavy atom. The summed E-state index contributed by atoms with van der Waals surface area (Å²) in [5.41, 5.74) is 3.75. The second-order valence-corrected chi connectivity index (χ2v) is 14.5. The number of aryl methyl sites for hydroxylation is 1. The van der Waals surface area contributed by atoms with Crippen LogP contribution < -0.4 is 14.4 Å². The summed E-state index contributed by atoms with van der Waals surface area (Å²) in [4.78, 5) is 15.6. The van der Waals surface area contributed by atoms with Crippen molar-refractivity contribution in [1.29, 1.82) is 0 Å². The van der Waals surface area contributed by atoms with Crippen LogP contribution in [0.25, 0.3) is 0 Å². The number of hydrogen-bond donors (Lipinski definition) is 2. The van der Waals surface area contributed by atoms with Crippen LogP contribution in [-0.2, 0) is 21.5 Å². The molecule has 6 rings (SSSR count). The molecule has 6 nitrogen and oxygen atoms in total. The standard InChI is InChI=1S/C31H37ClN2O4S/c1-39(37)14-3-2-6-26(35)16-21-7-8-24(21)18-34-19-31(13-4-5-22-15-25(32)10-11-27(22)31)20-38-29-12-9-23(17-28(29)34)30(36)33-39/h2-3,9-12,15,17,21,24,26,35H,1,4-8,13-14,16,18-20H2,(H,33,36,37)/b3-2-/t21-,24-,26-,31-,39?/m0/s1. The molecule has 0 radical (unpaired) electrons. The number of carbonyl (C=O) groups is 1. The first-order valence-electron chi connectivity index (χ1n) is 14.0. The van der Waals surface area contributed by atoms with Crippen molar-refractivity contribution in [2.45, 2.75) is 56.5 Å². The molecule has 1 spiro atoms. The van der Waals surface area contributed by atoms with E-state index in [1.807, 2.05) is 24.3 Å². The van der Waals surface area contributed by atoms with Crippen LogP contribution in [0.3, 0.4) is 0 Å². The van der Waals surface area contributed by atoms with E-state index < -0.39 is 21.7 Å². The zero-order chi connectivity index (χ0) is 27.2. The third-order valence-electron chi connectivity index (χ3n) is 9.12. The molecule has 2 bridgehead atoms. The molecule has 1 fully saturated rings. The van der Waals surface area contributed by atoms with Crippen LogP contribution in [-0.4, -0.2) is 52.6 Å². The van der Waals surface area contributed by atoms with Gasteiger partial charge in [-0.1, -0.05) is 29.8 Å². The van der Waals surface area contributed by atoms with Crippen molar-refractivity contribution in [1.82, 2.24) is 4.72 Å². The van der Waals surface area contributed by atoms with Gasteiger partial charge in [0, 0.05) is 29.1 Å². The number of carbonyl (C=O) groups excluding carboxylic acids is 1. The van der Waals surface area contributed by atoms with Crippen molar-refractivity contribution in [3.63, 3.8) is 0 Å². The number of aliphatic hydroxyl groups is 1. The van der Waals surface area contributed by atoms with Gasteiger partial charge in [0.25, 0.3) is 5.91 Å². The van der Waals surface area contributed by atoms with Crippen LogP contribution in [0.15, 0.2) is 48.6 Å². The molecular formula is C31H37ClN2O4S. The summed E-state index contributed by atoms with van der Waals surface area (Å²) in [5, 5.41) is 11.5. The normalized spacial score (nSPS) is 33.5. The SMILES string of the molecule is C=S1(=O)C/C=C\C[C@H](O)C[C@@H]2CC[C@H]2CN2C[C@@]3(CCCc4cc(Cl)ccc43)COc3ccc(cc32)C(=O)N1. The fourth-order valence-electron chi connectivity index (χ4n) is 6.92. The topological polar surface area (TPSA) is 78.9 Å². The molecule has 208 valence electrons. The van der Waals surface area contributed by atoms with Gasteiger partial charge in [0.1, 0.15) is 5.75 Å². The van der Waals surface area contributed by atoms with E-state index in [-0.39, 0.29) is 11.2 Å². The zero-order valence-electron chi connectivity index (χ0n) is 22.2. The number of ether oxygens (including phenoxy) is 1. The Balaban J connectivity index is 1.41. The summed E-state index contributed by atoms with van der Waals surface area (Å²) in [6, 6.07) is 11.8. The molecule has 2 heterocycles. The predicted octanol–water partition coefficient (Wildman–Crippen LogP) is 4.91. The fourth-order valence-corrected chi connectivity index (χ4v) is 8.10. The molecule has 0 saturated heterocycles.